The molecule has 0 aromatic carbocycles. The van der Waals surface area contributed by atoms with Crippen molar-refractivity contribution < 1.29 is 9.90 Å². The molecule has 0 saturated carbocycles. The van der Waals surface area contributed by atoms with Crippen LogP contribution in [-0.4, -0.2) is 11.0 Å². The van der Waals surface area contributed by atoms with Gasteiger partial charge in [-0.25, -0.2) is 0 Å². The van der Waals surface area contributed by atoms with Gasteiger partial charge in [0, 0.05) is 0 Å². The van der Waals surface area contributed by atoms with Gasteiger partial charge in [0.15, 0.2) is 5.97 Å². The number of aromatic amines is 1. The molecule has 1 aromatic rings. The molecule has 0 saturated heterocycles. The van der Waals surface area contributed by atoms with Crippen LogP contribution < -0.4 is 5.11 Å². The number of aromatic nitrogens is 1. The molecular formula is C4H3NO2S. The molecule has 0 aliphatic rings. The third-order valence-corrected chi connectivity index (χ3v) is 1.45. The number of carbonyl (C=O) groups is 1. The maximum Gasteiger partial charge on any atom is 0.324 e. The number of H-pyrrole nitrogens is 1. The highest BCUT2D eigenvalue weighted by atomic mass is 32.1. The van der Waals surface area contributed by atoms with Crippen molar-refractivity contribution in [2.45, 2.75) is 0 Å². The van der Waals surface area contributed by atoms with Crippen LogP contribution in [-0.2, 0) is 0 Å². The molecule has 8 heavy (non-hydrogen) atoms. The van der Waals surface area contributed by atoms with E-state index in [0.29, 0.717) is 0 Å². The van der Waals surface area contributed by atoms with E-state index in [4.69, 9.17) is 0 Å². The largest absolute Gasteiger partial charge is 0.539 e. The molecule has 4 heteroatoms. The molecular weight excluding hydrogens is 126 g/mol. The first kappa shape index (κ1) is 5.24. The SMILES string of the molecule is O=C([O-])c1[nH]cc[s+]1. The summed E-state index contributed by atoms with van der Waals surface area (Å²) < 4.78 is 0. The molecule has 0 atom stereocenters. The zero-order valence-electron chi connectivity index (χ0n) is 3.88. The Morgan fingerprint density at radius 3 is 2.88 bits per heavy atom. The predicted octanol–water partition coefficient (Wildman–Crippen LogP) is -0.279. The number of carboxylic acid groups (broad SMARTS) is 1. The normalized spacial score (nSPS) is 9.00. The van der Waals surface area contributed by atoms with Crippen molar-refractivity contribution in [2.24, 2.45) is 0 Å². The van der Waals surface area contributed by atoms with Gasteiger partial charge in [-0.3, -0.25) is 0 Å². The number of carbonyl (C=O) groups excluding carboxylic acids is 1. The molecule has 1 aromatic heterocycles. The minimum Gasteiger partial charge on any atom is -0.539 e. The fourth-order valence-electron chi connectivity index (χ4n) is 0.353. The molecule has 1 rings (SSSR count). The van der Waals surface area contributed by atoms with Crippen LogP contribution in [0.3, 0.4) is 0 Å². The minimum absolute atomic E-state index is 0.157. The Morgan fingerprint density at radius 2 is 2.62 bits per heavy atom. The first-order valence-electron chi connectivity index (χ1n) is 1.97. The molecule has 42 valence electrons. The summed E-state index contributed by atoms with van der Waals surface area (Å²) >= 11 is 1.11. The average Bonchev–Trinajstić information content (AvgIpc) is 2.12. The highest BCUT2D eigenvalue weighted by molar-refractivity contribution is 7.11. The van der Waals surface area contributed by atoms with E-state index < -0.39 is 5.97 Å². The van der Waals surface area contributed by atoms with Gasteiger partial charge < -0.3 is 14.9 Å². The van der Waals surface area contributed by atoms with Gasteiger partial charge in [0.05, 0.1) is 6.20 Å². The van der Waals surface area contributed by atoms with E-state index in [0.717, 1.165) is 11.3 Å². The van der Waals surface area contributed by atoms with Crippen LogP contribution in [0.15, 0.2) is 11.6 Å². The quantitative estimate of drug-likeness (QED) is 0.530. The number of nitrogens with one attached hydrogen (secondary N) is 1. The lowest BCUT2D eigenvalue weighted by Gasteiger charge is -1.82. The van der Waals surface area contributed by atoms with E-state index in [1.807, 2.05) is 0 Å². The second kappa shape index (κ2) is 1.92. The number of hydrogen-bond donors (Lipinski definition) is 1. The Hall–Kier alpha value is -0.900. The van der Waals surface area contributed by atoms with Gasteiger partial charge in [-0.05, 0) is 0 Å². The molecule has 0 fully saturated rings. The van der Waals surface area contributed by atoms with Gasteiger partial charge in [-0.15, -0.1) is 0 Å². The van der Waals surface area contributed by atoms with Crippen LogP contribution in [0.5, 0.6) is 0 Å². The molecule has 0 unspecified atom stereocenters. The van der Waals surface area contributed by atoms with Crippen LogP contribution in [0, 0.1) is 0 Å². The molecule has 3 nitrogen and oxygen atoms in total. The molecule has 0 amide bonds. The predicted molar refractivity (Wildman–Crippen MR) is 27.4 cm³/mol. The summed E-state index contributed by atoms with van der Waals surface area (Å²) in [5.41, 5.74) is 0. The van der Waals surface area contributed by atoms with Crippen molar-refractivity contribution in [3.05, 3.63) is 16.6 Å². The van der Waals surface area contributed by atoms with E-state index >= 15 is 0 Å². The maximum atomic E-state index is 9.93. The summed E-state index contributed by atoms with van der Waals surface area (Å²) in [6.45, 7) is 0. The summed E-state index contributed by atoms with van der Waals surface area (Å²) in [5, 5.41) is 11.7. The summed E-state index contributed by atoms with van der Waals surface area (Å²) in [6, 6.07) is 0. The lowest BCUT2D eigenvalue weighted by Crippen LogP contribution is -2.21. The Morgan fingerprint density at radius 1 is 1.88 bits per heavy atom. The second-order valence-corrected chi connectivity index (χ2v) is 2.10. The van der Waals surface area contributed by atoms with E-state index in [1.54, 1.807) is 11.6 Å². The van der Waals surface area contributed by atoms with E-state index in [1.165, 1.54) is 0 Å². The first-order valence-corrected chi connectivity index (χ1v) is 2.85. The molecule has 0 bridgehead atoms. The van der Waals surface area contributed by atoms with Crippen molar-refractivity contribution in [2.75, 3.05) is 0 Å². The van der Waals surface area contributed by atoms with Crippen LogP contribution in [0.4, 0.5) is 0 Å². The summed E-state index contributed by atoms with van der Waals surface area (Å²) in [4.78, 5) is 12.4. The number of rotatable bonds is 1. The zero-order chi connectivity index (χ0) is 5.98. The van der Waals surface area contributed by atoms with Gasteiger partial charge in [0.1, 0.15) is 0 Å². The van der Waals surface area contributed by atoms with Gasteiger partial charge in [0.25, 0.3) is 0 Å². The third kappa shape index (κ3) is 0.840. The van der Waals surface area contributed by atoms with Crippen molar-refractivity contribution in [1.29, 1.82) is 0 Å². The van der Waals surface area contributed by atoms with Crippen molar-refractivity contribution in [1.82, 2.24) is 4.98 Å². The Labute approximate surface area is 49.6 Å². The highest BCUT2D eigenvalue weighted by Crippen LogP contribution is 2.00. The molecule has 1 heterocycles. The monoisotopic (exact) mass is 129 g/mol. The smallest absolute Gasteiger partial charge is 0.324 e. The number of aromatic carboxylic acids is 1. The second-order valence-electron chi connectivity index (χ2n) is 1.18. The van der Waals surface area contributed by atoms with E-state index in [-0.39, 0.29) is 5.01 Å². The Bertz CT molecular complexity index is 182. The zero-order valence-corrected chi connectivity index (χ0v) is 4.70. The summed E-state index contributed by atoms with van der Waals surface area (Å²) in [7, 11) is 0. The number of hydrogen-bond acceptors (Lipinski definition) is 2. The molecule has 0 radical (unpaired) electrons. The lowest BCUT2D eigenvalue weighted by molar-refractivity contribution is -0.255. The topological polar surface area (TPSA) is 55.9 Å². The fraction of sp³-hybridized carbons (Fsp3) is 0. The van der Waals surface area contributed by atoms with Gasteiger partial charge in [-0.1, -0.05) is 0 Å². The molecule has 0 aliphatic carbocycles. The van der Waals surface area contributed by atoms with Crippen molar-refractivity contribution >= 4 is 17.3 Å². The first-order chi connectivity index (χ1) is 3.80. The Balaban J connectivity index is 2.93. The van der Waals surface area contributed by atoms with Crippen LogP contribution in [0.25, 0.3) is 0 Å². The van der Waals surface area contributed by atoms with Crippen molar-refractivity contribution in [3.8, 4) is 0 Å². The Kier molecular flexibility index (Phi) is 1.26. The molecule has 0 aliphatic heterocycles. The van der Waals surface area contributed by atoms with Gasteiger partial charge >= 0.3 is 5.01 Å². The number of thiazole rings is 1. The lowest BCUT2D eigenvalue weighted by atomic mass is 10.7. The number of carboxylic acids is 1. The van der Waals surface area contributed by atoms with Gasteiger partial charge in [0.2, 0.25) is 16.7 Å². The standard InChI is InChI=1S/C4H3NO2S/c6-4(7)3-5-1-2-8-3/h1-2,5H. The average molecular weight is 129 g/mol. The van der Waals surface area contributed by atoms with Crippen LogP contribution >= 0.6 is 11.3 Å². The van der Waals surface area contributed by atoms with Crippen molar-refractivity contribution in [3.63, 3.8) is 0 Å². The third-order valence-electron chi connectivity index (χ3n) is 0.654. The fourth-order valence-corrected chi connectivity index (χ4v) is 0.857. The summed E-state index contributed by atoms with van der Waals surface area (Å²) in [6.07, 6.45) is 1.55. The summed E-state index contributed by atoms with van der Waals surface area (Å²) in [5.74, 6) is -1.15. The van der Waals surface area contributed by atoms with Crippen LogP contribution in [0.1, 0.15) is 9.80 Å². The maximum absolute atomic E-state index is 9.93. The molecule has 0 spiro atoms. The molecule has 1 N–H and O–H groups in total. The van der Waals surface area contributed by atoms with Crippen LogP contribution in [0.2, 0.25) is 0 Å². The van der Waals surface area contributed by atoms with E-state index in [9.17, 15) is 9.90 Å². The highest BCUT2D eigenvalue weighted by Gasteiger charge is 2.04. The van der Waals surface area contributed by atoms with E-state index in [2.05, 4.69) is 4.98 Å². The minimum atomic E-state index is -1.15. The van der Waals surface area contributed by atoms with Gasteiger partial charge in [-0.2, -0.15) is 0 Å².